The average molecular weight is 706 g/mol. The van der Waals surface area contributed by atoms with Crippen LogP contribution in [0.4, 0.5) is 11.5 Å². The van der Waals surface area contributed by atoms with Crippen molar-refractivity contribution in [1.29, 1.82) is 0 Å². The van der Waals surface area contributed by atoms with Gasteiger partial charge in [-0.15, -0.1) is 0 Å². The lowest BCUT2D eigenvalue weighted by molar-refractivity contribution is -0.996. The predicted octanol–water partition coefficient (Wildman–Crippen LogP) is 5.13. The zero-order chi connectivity index (χ0) is 36.9. The second-order valence-electron chi connectivity index (χ2n) is 13.8. The highest BCUT2D eigenvalue weighted by Gasteiger charge is 2.54. The van der Waals surface area contributed by atoms with Crippen LogP contribution in [0.1, 0.15) is 37.3 Å². The topological polar surface area (TPSA) is 166 Å². The number of aromatic hydroxyl groups is 1. The van der Waals surface area contributed by atoms with Crippen molar-refractivity contribution in [2.75, 3.05) is 37.8 Å². The van der Waals surface area contributed by atoms with Crippen molar-refractivity contribution in [2.24, 2.45) is 5.92 Å². The monoisotopic (exact) mass is 705 g/mol. The number of hydrogen-bond acceptors (Lipinski definition) is 8. The van der Waals surface area contributed by atoms with Crippen LogP contribution in [0.25, 0.3) is 22.0 Å². The Morgan fingerprint density at radius 2 is 1.79 bits per heavy atom. The first-order valence-electron chi connectivity index (χ1n) is 17.5. The van der Waals surface area contributed by atoms with E-state index in [1.807, 2.05) is 75.6 Å². The summed E-state index contributed by atoms with van der Waals surface area (Å²) in [6.07, 6.45) is 2.89. The Labute approximate surface area is 302 Å². The lowest BCUT2D eigenvalue weighted by Gasteiger charge is -2.48. The third kappa shape index (κ3) is 8.15. The van der Waals surface area contributed by atoms with Crippen molar-refractivity contribution in [1.82, 2.24) is 15.3 Å². The number of aryl methyl sites for hydroxylation is 1. The largest absolute Gasteiger partial charge is 0.506 e. The molecule has 52 heavy (non-hydrogen) atoms. The molecule has 0 spiro atoms. The number of nitrogens with one attached hydrogen (secondary N) is 4. The predicted molar refractivity (Wildman–Crippen MR) is 201 cm³/mol. The molecule has 1 unspecified atom stereocenters. The van der Waals surface area contributed by atoms with E-state index >= 15 is 0 Å². The Kier molecular flexibility index (Phi) is 10.7. The van der Waals surface area contributed by atoms with Gasteiger partial charge in [0.15, 0.2) is 0 Å². The number of phenols is 1. The van der Waals surface area contributed by atoms with Crippen LogP contribution < -0.4 is 26.2 Å². The first kappa shape index (κ1) is 36.2. The number of carbonyl (C=O) groups excluding carboxylic acids is 2. The van der Waals surface area contributed by atoms with Crippen LogP contribution >= 0.6 is 0 Å². The fourth-order valence-electron chi connectivity index (χ4n) is 6.48. The number of piperidine rings is 1. The van der Waals surface area contributed by atoms with Gasteiger partial charge in [-0.25, -0.2) is 4.98 Å². The Morgan fingerprint density at radius 3 is 2.54 bits per heavy atom. The molecular weight excluding hydrogens is 660 g/mol. The number of fused-ring (bicyclic) bond motifs is 1. The highest BCUT2D eigenvalue weighted by atomic mass is 16.7. The molecule has 0 aliphatic carbocycles. The number of phenolic OH excluding ortho intramolecular Hbond substituents is 1. The zero-order valence-electron chi connectivity index (χ0n) is 29.6. The molecule has 270 valence electrons. The van der Waals surface area contributed by atoms with E-state index < -0.39 is 11.8 Å². The summed E-state index contributed by atoms with van der Waals surface area (Å²) >= 11 is 0. The summed E-state index contributed by atoms with van der Waals surface area (Å²) in [6.45, 7) is 4.05. The molecule has 0 saturated carbocycles. The number of anilines is 2. The van der Waals surface area contributed by atoms with Crippen LogP contribution in [-0.2, 0) is 22.6 Å². The summed E-state index contributed by atoms with van der Waals surface area (Å²) in [5.74, 6) is -2.21. The number of ether oxygens (including phenoxy) is 1. The smallest absolute Gasteiger partial charge is 0.359 e. The number of carbonyl (C=O) groups is 2. The molecule has 1 fully saturated rings. The second-order valence-corrected chi connectivity index (χ2v) is 13.8. The summed E-state index contributed by atoms with van der Waals surface area (Å²) in [5.41, 5.74) is 4.06. The Balaban J connectivity index is 1.18. The average Bonchev–Trinajstić information content (AvgIpc) is 3.13. The fraction of sp³-hybridized carbons (Fsp3) is 0.300. The summed E-state index contributed by atoms with van der Waals surface area (Å²) in [5, 5.41) is 32.1. The summed E-state index contributed by atoms with van der Waals surface area (Å²) < 4.78 is 6.36. The number of H-pyrrole nitrogens is 1. The number of aromatic nitrogens is 2. The third-order valence-electron chi connectivity index (χ3n) is 9.71. The maximum atomic E-state index is 14.0. The number of quaternary nitrogens is 1. The molecule has 12 heteroatoms. The van der Waals surface area contributed by atoms with Gasteiger partial charge in [-0.1, -0.05) is 55.5 Å². The molecule has 1 aliphatic heterocycles. The van der Waals surface area contributed by atoms with Gasteiger partial charge in [0.25, 0.3) is 0 Å². The van der Waals surface area contributed by atoms with Gasteiger partial charge < -0.3 is 35.9 Å². The SMILES string of the molecule is CCNCc1ccc(NC(=O)CCc2ccc(-c3ccccc3)c(NC(=O)C3CC[N+](C)(C)[C@](O)(Oc4ccc(O)c5[nH]c(=O)ccc45)C3)c2)nc1. The fourth-order valence-corrected chi connectivity index (χ4v) is 6.48. The van der Waals surface area contributed by atoms with Crippen molar-refractivity contribution in [3.05, 3.63) is 113 Å². The van der Waals surface area contributed by atoms with Crippen LogP contribution in [0.15, 0.2) is 95.9 Å². The van der Waals surface area contributed by atoms with Gasteiger partial charge in [-0.2, -0.15) is 0 Å². The van der Waals surface area contributed by atoms with Crippen LogP contribution in [0.3, 0.4) is 0 Å². The van der Waals surface area contributed by atoms with Crippen LogP contribution in [0, 0.1) is 5.92 Å². The summed E-state index contributed by atoms with van der Waals surface area (Å²) in [4.78, 5) is 45.8. The van der Waals surface area contributed by atoms with Crippen molar-refractivity contribution >= 4 is 34.2 Å². The van der Waals surface area contributed by atoms with E-state index in [2.05, 4.69) is 25.9 Å². The number of amides is 2. The first-order valence-corrected chi connectivity index (χ1v) is 17.5. The second kappa shape index (κ2) is 15.4. The number of nitrogens with zero attached hydrogens (tertiary/aromatic N) is 2. The van der Waals surface area contributed by atoms with Gasteiger partial charge in [0.2, 0.25) is 17.4 Å². The number of pyridine rings is 2. The quantitative estimate of drug-likeness (QED) is 0.0769. The number of rotatable bonds is 12. The van der Waals surface area contributed by atoms with Gasteiger partial charge in [-0.05, 0) is 60.0 Å². The Hall–Kier alpha value is -5.56. The standard InChI is InChI=1S/C40H44N6O6/c1-4-41-24-27-11-17-35(42-25-27)44-36(48)18-12-26-10-13-30(28-8-6-5-7-9-28)32(22-26)43-39(50)29-20-21-46(2,3)40(51,23-29)52-34-16-15-33(47)38-31(34)14-19-37(49)45-38/h5-11,13-17,19,22,25,29,41,51H,4,12,18,20-21,23-24H2,1-3H3,(H3-,42,43,44,45,47,48,49,50)/p+1/t29?,40-/m1/s1. The van der Waals surface area contributed by atoms with Crippen LogP contribution in [-0.4, -0.2) is 69.6 Å². The minimum Gasteiger partial charge on any atom is -0.506 e. The van der Waals surface area contributed by atoms with Crippen molar-refractivity contribution in [2.45, 2.75) is 45.1 Å². The van der Waals surface area contributed by atoms with E-state index in [-0.39, 0.29) is 51.7 Å². The molecule has 3 heterocycles. The number of aliphatic hydroxyl groups is 1. The molecule has 0 radical (unpaired) electrons. The van der Waals surface area contributed by atoms with Gasteiger partial charge in [0.1, 0.15) is 17.3 Å². The molecular formula is C40H45N6O6+. The Morgan fingerprint density at radius 1 is 1.00 bits per heavy atom. The van der Waals surface area contributed by atoms with Crippen LogP contribution in [0.2, 0.25) is 0 Å². The Bertz CT molecular complexity index is 2120. The van der Waals surface area contributed by atoms with Crippen molar-refractivity contribution in [3.8, 4) is 22.6 Å². The van der Waals surface area contributed by atoms with E-state index in [4.69, 9.17) is 4.74 Å². The lowest BCUT2D eigenvalue weighted by atomic mass is 9.90. The van der Waals surface area contributed by atoms with Gasteiger partial charge >= 0.3 is 5.91 Å². The van der Waals surface area contributed by atoms with Crippen molar-refractivity contribution < 1.29 is 29.0 Å². The molecule has 6 rings (SSSR count). The van der Waals surface area contributed by atoms with Gasteiger partial charge in [0, 0.05) is 48.3 Å². The molecule has 2 amide bonds. The maximum absolute atomic E-state index is 14.0. The van der Waals surface area contributed by atoms with E-state index in [1.54, 1.807) is 12.3 Å². The minimum absolute atomic E-state index is 0.0117. The molecule has 3 aromatic carbocycles. The molecule has 12 nitrogen and oxygen atoms in total. The molecule has 1 saturated heterocycles. The van der Waals surface area contributed by atoms with E-state index in [1.165, 1.54) is 24.3 Å². The normalized spacial score (nSPS) is 18.1. The molecule has 1 aliphatic rings. The van der Waals surface area contributed by atoms with E-state index in [0.29, 0.717) is 42.8 Å². The molecule has 2 aromatic heterocycles. The lowest BCUT2D eigenvalue weighted by Crippen LogP contribution is -2.67. The highest BCUT2D eigenvalue weighted by Crippen LogP contribution is 2.40. The van der Waals surface area contributed by atoms with E-state index in [9.17, 15) is 24.6 Å². The minimum atomic E-state index is -1.81. The summed E-state index contributed by atoms with van der Waals surface area (Å²) in [7, 11) is 3.67. The van der Waals surface area contributed by atoms with E-state index in [0.717, 1.165) is 28.8 Å². The molecule has 6 N–H and O–H groups in total. The van der Waals surface area contributed by atoms with Gasteiger partial charge in [-0.3, -0.25) is 18.9 Å². The van der Waals surface area contributed by atoms with Gasteiger partial charge in [0.05, 0.1) is 38.5 Å². The molecule has 2 atom stereocenters. The maximum Gasteiger partial charge on any atom is 0.359 e. The molecule has 0 bridgehead atoms. The number of hydrogen-bond donors (Lipinski definition) is 6. The zero-order valence-corrected chi connectivity index (χ0v) is 29.6. The summed E-state index contributed by atoms with van der Waals surface area (Å²) in [6, 6.07) is 25.0. The number of aromatic amines is 1. The number of likely N-dealkylation sites (tertiary alicyclic amines) is 1. The van der Waals surface area contributed by atoms with Crippen molar-refractivity contribution in [3.63, 3.8) is 0 Å². The number of benzene rings is 3. The third-order valence-corrected chi connectivity index (χ3v) is 9.71. The molecule has 5 aromatic rings. The highest BCUT2D eigenvalue weighted by molar-refractivity contribution is 5.97. The van der Waals surface area contributed by atoms with Crippen LogP contribution in [0.5, 0.6) is 11.5 Å². The first-order chi connectivity index (χ1) is 24.9.